The van der Waals surface area contributed by atoms with Crippen LogP contribution in [0.1, 0.15) is 53.5 Å². The average molecular weight is 369 g/mol. The summed E-state index contributed by atoms with van der Waals surface area (Å²) in [5, 5.41) is 24.1. The summed E-state index contributed by atoms with van der Waals surface area (Å²) in [6.45, 7) is 12.9. The number of carbonyl (C=O) groups excluding carboxylic acids is 2. The van der Waals surface area contributed by atoms with Crippen molar-refractivity contribution in [2.45, 2.75) is 61.0 Å². The number of aliphatic hydroxyl groups is 2. The number of hydrogen-bond donors (Lipinski definition) is 4. The fraction of sp³-hybridized carbons (Fsp3) is 0.600. The lowest BCUT2D eigenvalue weighted by Gasteiger charge is -2.27. The lowest BCUT2D eigenvalue weighted by atomic mass is 9.87. The zero-order valence-electron chi connectivity index (χ0n) is 17.2. The Balaban J connectivity index is 0. The van der Waals surface area contributed by atoms with Crippen LogP contribution in [0.4, 0.5) is 5.69 Å². The lowest BCUT2D eigenvalue weighted by Crippen LogP contribution is -2.46. The molecule has 6 heteroatoms. The SMILES string of the molecule is CC.CC.Cc1ccc(NC(=O)CCNC(=O)C(O)C(C)(C)CO)cc1. The van der Waals surface area contributed by atoms with Crippen LogP contribution in [0.5, 0.6) is 0 Å². The van der Waals surface area contributed by atoms with Gasteiger partial charge in [0, 0.05) is 24.1 Å². The van der Waals surface area contributed by atoms with Gasteiger partial charge < -0.3 is 20.8 Å². The molecule has 4 N–H and O–H groups in total. The maximum Gasteiger partial charge on any atom is 0.249 e. The highest BCUT2D eigenvalue weighted by atomic mass is 16.3. The molecule has 1 aromatic rings. The maximum absolute atomic E-state index is 11.7. The molecule has 0 radical (unpaired) electrons. The summed E-state index contributed by atoms with van der Waals surface area (Å²) in [5.74, 6) is -0.817. The van der Waals surface area contributed by atoms with Crippen LogP contribution in [-0.4, -0.2) is 41.3 Å². The largest absolute Gasteiger partial charge is 0.396 e. The first kappa shape index (κ1) is 26.3. The molecule has 1 rings (SSSR count). The molecule has 0 saturated carbocycles. The highest BCUT2D eigenvalue weighted by molar-refractivity contribution is 5.91. The van der Waals surface area contributed by atoms with Crippen LogP contribution >= 0.6 is 0 Å². The zero-order valence-corrected chi connectivity index (χ0v) is 17.2. The first-order valence-corrected chi connectivity index (χ1v) is 9.19. The van der Waals surface area contributed by atoms with Crippen molar-refractivity contribution in [3.05, 3.63) is 29.8 Å². The van der Waals surface area contributed by atoms with Crippen molar-refractivity contribution in [3.8, 4) is 0 Å². The van der Waals surface area contributed by atoms with Gasteiger partial charge in [-0.05, 0) is 19.1 Å². The van der Waals surface area contributed by atoms with Crippen LogP contribution in [-0.2, 0) is 9.59 Å². The van der Waals surface area contributed by atoms with Gasteiger partial charge in [0.05, 0.1) is 6.61 Å². The molecule has 0 spiro atoms. The molecule has 0 aliphatic carbocycles. The Labute approximate surface area is 158 Å². The van der Waals surface area contributed by atoms with E-state index in [9.17, 15) is 14.7 Å². The van der Waals surface area contributed by atoms with Gasteiger partial charge in [-0.3, -0.25) is 9.59 Å². The van der Waals surface area contributed by atoms with Gasteiger partial charge in [0.2, 0.25) is 11.8 Å². The van der Waals surface area contributed by atoms with Gasteiger partial charge in [0.15, 0.2) is 0 Å². The Hall–Kier alpha value is -1.92. The van der Waals surface area contributed by atoms with Gasteiger partial charge in [-0.25, -0.2) is 0 Å². The summed E-state index contributed by atoms with van der Waals surface area (Å²) in [7, 11) is 0. The normalized spacial score (nSPS) is 11.1. The summed E-state index contributed by atoms with van der Waals surface area (Å²) < 4.78 is 0. The van der Waals surface area contributed by atoms with Crippen molar-refractivity contribution in [1.82, 2.24) is 5.32 Å². The minimum atomic E-state index is -1.32. The maximum atomic E-state index is 11.7. The van der Waals surface area contributed by atoms with Crippen LogP contribution in [0, 0.1) is 12.3 Å². The number of aryl methyl sites for hydroxylation is 1. The highest BCUT2D eigenvalue weighted by Crippen LogP contribution is 2.19. The monoisotopic (exact) mass is 368 g/mol. The van der Waals surface area contributed by atoms with E-state index in [2.05, 4.69) is 10.6 Å². The van der Waals surface area contributed by atoms with Crippen molar-refractivity contribution in [2.24, 2.45) is 5.41 Å². The molecule has 0 aliphatic rings. The first-order valence-electron chi connectivity index (χ1n) is 9.19. The van der Waals surface area contributed by atoms with Gasteiger partial charge in [0.1, 0.15) is 6.10 Å². The topological polar surface area (TPSA) is 98.7 Å². The van der Waals surface area contributed by atoms with E-state index < -0.39 is 17.4 Å². The molecule has 0 heterocycles. The second-order valence-corrected chi connectivity index (χ2v) is 6.00. The van der Waals surface area contributed by atoms with E-state index in [4.69, 9.17) is 5.11 Å². The molecule has 26 heavy (non-hydrogen) atoms. The summed E-state index contributed by atoms with van der Waals surface area (Å²) in [5.41, 5.74) is 0.878. The molecule has 6 nitrogen and oxygen atoms in total. The third kappa shape index (κ3) is 10.2. The number of benzene rings is 1. The van der Waals surface area contributed by atoms with E-state index in [0.29, 0.717) is 5.69 Å². The quantitative estimate of drug-likeness (QED) is 0.595. The summed E-state index contributed by atoms with van der Waals surface area (Å²) >= 11 is 0. The smallest absolute Gasteiger partial charge is 0.249 e. The number of anilines is 1. The Morgan fingerprint density at radius 3 is 2.04 bits per heavy atom. The number of amides is 2. The van der Waals surface area contributed by atoms with Gasteiger partial charge >= 0.3 is 0 Å². The first-order chi connectivity index (χ1) is 12.3. The van der Waals surface area contributed by atoms with Gasteiger partial charge in [-0.2, -0.15) is 0 Å². The van der Waals surface area contributed by atoms with E-state index in [1.54, 1.807) is 26.0 Å². The average Bonchev–Trinajstić information content (AvgIpc) is 2.66. The fourth-order valence-electron chi connectivity index (χ4n) is 1.70. The molecule has 0 fully saturated rings. The molecule has 150 valence electrons. The number of hydrogen-bond acceptors (Lipinski definition) is 4. The molecular weight excluding hydrogens is 332 g/mol. The van der Waals surface area contributed by atoms with Gasteiger partial charge in [-0.1, -0.05) is 59.2 Å². The number of rotatable bonds is 7. The minimum Gasteiger partial charge on any atom is -0.396 e. The Kier molecular flexibility index (Phi) is 14.4. The van der Waals surface area contributed by atoms with Crippen molar-refractivity contribution in [3.63, 3.8) is 0 Å². The molecular formula is C20H36N2O4. The van der Waals surface area contributed by atoms with Gasteiger partial charge in [0.25, 0.3) is 0 Å². The molecule has 0 bridgehead atoms. The second-order valence-electron chi connectivity index (χ2n) is 6.00. The summed E-state index contributed by atoms with van der Waals surface area (Å²) in [6, 6.07) is 7.40. The van der Waals surface area contributed by atoms with Gasteiger partial charge in [-0.15, -0.1) is 0 Å². The predicted molar refractivity (Wildman–Crippen MR) is 107 cm³/mol. The second kappa shape index (κ2) is 14.3. The van der Waals surface area contributed by atoms with Crippen LogP contribution in [0.2, 0.25) is 0 Å². The fourth-order valence-corrected chi connectivity index (χ4v) is 1.70. The summed E-state index contributed by atoms with van der Waals surface area (Å²) in [6.07, 6.45) is -1.22. The lowest BCUT2D eigenvalue weighted by molar-refractivity contribution is -0.137. The van der Waals surface area contributed by atoms with Crippen LogP contribution < -0.4 is 10.6 Å². The van der Waals surface area contributed by atoms with Crippen LogP contribution in [0.25, 0.3) is 0 Å². The number of nitrogens with one attached hydrogen (secondary N) is 2. The Bertz CT molecular complexity index is 513. The molecule has 0 aromatic heterocycles. The van der Waals surface area contributed by atoms with E-state index in [0.717, 1.165) is 5.56 Å². The number of aliphatic hydroxyl groups excluding tert-OH is 2. The molecule has 1 atom stereocenters. The van der Waals surface area contributed by atoms with Crippen LogP contribution in [0.3, 0.4) is 0 Å². The van der Waals surface area contributed by atoms with Crippen molar-refractivity contribution in [1.29, 1.82) is 0 Å². The van der Waals surface area contributed by atoms with Crippen molar-refractivity contribution >= 4 is 17.5 Å². The van der Waals surface area contributed by atoms with Crippen molar-refractivity contribution < 1.29 is 19.8 Å². The van der Waals surface area contributed by atoms with E-state index >= 15 is 0 Å². The Morgan fingerprint density at radius 2 is 1.58 bits per heavy atom. The third-order valence-corrected chi connectivity index (χ3v) is 3.38. The minimum absolute atomic E-state index is 0.103. The Morgan fingerprint density at radius 1 is 1.08 bits per heavy atom. The molecule has 1 unspecified atom stereocenters. The number of carbonyl (C=O) groups is 2. The molecule has 2 amide bonds. The summed E-state index contributed by atoms with van der Waals surface area (Å²) in [4.78, 5) is 23.5. The zero-order chi connectivity index (χ0) is 20.8. The van der Waals surface area contributed by atoms with E-state index in [1.807, 2.05) is 46.8 Å². The highest BCUT2D eigenvalue weighted by Gasteiger charge is 2.32. The van der Waals surface area contributed by atoms with E-state index in [1.165, 1.54) is 0 Å². The molecule has 0 saturated heterocycles. The van der Waals surface area contributed by atoms with E-state index in [-0.39, 0.29) is 25.5 Å². The molecule has 1 aromatic carbocycles. The standard InChI is InChI=1S/C16H24N2O4.2C2H6/c1-11-4-6-12(7-5-11)18-13(20)8-9-17-15(22)14(21)16(2,3)10-19;2*1-2/h4-7,14,19,21H,8-10H2,1-3H3,(H,17,22)(H,18,20);2*1-2H3. The predicted octanol–water partition coefficient (Wildman–Crippen LogP) is 2.87. The molecule has 0 aliphatic heterocycles. The third-order valence-electron chi connectivity index (χ3n) is 3.38. The van der Waals surface area contributed by atoms with Crippen molar-refractivity contribution in [2.75, 3.05) is 18.5 Å². The van der Waals surface area contributed by atoms with Crippen LogP contribution in [0.15, 0.2) is 24.3 Å².